The first kappa shape index (κ1) is 11.7. The van der Waals surface area contributed by atoms with Crippen LogP contribution >= 0.6 is 0 Å². The van der Waals surface area contributed by atoms with Crippen LogP contribution in [0.1, 0.15) is 18.9 Å². The Kier molecular flexibility index (Phi) is 2.92. The van der Waals surface area contributed by atoms with Crippen molar-refractivity contribution in [2.75, 3.05) is 5.73 Å². The second-order valence-electron chi connectivity index (χ2n) is 3.83. The Hall–Kier alpha value is -1.78. The van der Waals surface area contributed by atoms with Crippen molar-refractivity contribution in [3.05, 3.63) is 35.1 Å². The minimum atomic E-state index is -1.22. The monoisotopic (exact) mass is 240 g/mol. The third kappa shape index (κ3) is 1.92. The fourth-order valence-electron chi connectivity index (χ4n) is 1.76. The van der Waals surface area contributed by atoms with E-state index in [0.717, 1.165) is 6.42 Å². The van der Waals surface area contributed by atoms with Crippen LogP contribution < -0.4 is 5.73 Å². The van der Waals surface area contributed by atoms with E-state index in [2.05, 4.69) is 4.98 Å². The molecule has 2 rings (SSSR count). The summed E-state index contributed by atoms with van der Waals surface area (Å²) in [4.78, 5) is 3.79. The lowest BCUT2D eigenvalue weighted by Crippen LogP contribution is -2.01. The van der Waals surface area contributed by atoms with Crippen LogP contribution in [0.15, 0.2) is 12.1 Å². The van der Waals surface area contributed by atoms with Crippen LogP contribution in [-0.4, -0.2) is 4.98 Å². The molecule has 0 amide bonds. The summed E-state index contributed by atoms with van der Waals surface area (Å²) in [5.74, 6) is -3.06. The summed E-state index contributed by atoms with van der Waals surface area (Å²) < 4.78 is 40.0. The van der Waals surface area contributed by atoms with Gasteiger partial charge in [0.05, 0.1) is 0 Å². The van der Waals surface area contributed by atoms with Crippen molar-refractivity contribution in [2.45, 2.75) is 19.8 Å². The Morgan fingerprint density at radius 3 is 2.53 bits per heavy atom. The van der Waals surface area contributed by atoms with Crippen LogP contribution in [0.5, 0.6) is 0 Å². The number of nitrogen functional groups attached to an aromatic ring is 1. The van der Waals surface area contributed by atoms with Gasteiger partial charge in [-0.25, -0.2) is 18.2 Å². The van der Waals surface area contributed by atoms with E-state index in [-0.39, 0.29) is 16.7 Å². The van der Waals surface area contributed by atoms with Crippen LogP contribution in [-0.2, 0) is 6.42 Å². The average Bonchev–Trinajstić information content (AvgIpc) is 2.28. The van der Waals surface area contributed by atoms with Crippen LogP contribution in [0.2, 0.25) is 0 Å². The molecular weight excluding hydrogens is 229 g/mol. The summed E-state index contributed by atoms with van der Waals surface area (Å²) in [7, 11) is 0. The lowest BCUT2D eigenvalue weighted by Gasteiger charge is -2.07. The van der Waals surface area contributed by atoms with Gasteiger partial charge in [0.2, 0.25) is 0 Å². The summed E-state index contributed by atoms with van der Waals surface area (Å²) in [6, 6.07) is 1.84. The van der Waals surface area contributed by atoms with Crippen molar-refractivity contribution in [3.63, 3.8) is 0 Å². The molecule has 0 aliphatic rings. The smallest absolute Gasteiger partial charge is 0.168 e. The lowest BCUT2D eigenvalue weighted by molar-refractivity contribution is 0.505. The molecule has 0 fully saturated rings. The maximum absolute atomic E-state index is 13.5. The Balaban J connectivity index is 2.79. The van der Waals surface area contributed by atoms with Gasteiger partial charge in [0, 0.05) is 11.5 Å². The van der Waals surface area contributed by atoms with Gasteiger partial charge in [0.15, 0.2) is 17.5 Å². The Labute approximate surface area is 96.3 Å². The van der Waals surface area contributed by atoms with Crippen molar-refractivity contribution in [3.8, 4) is 0 Å². The summed E-state index contributed by atoms with van der Waals surface area (Å²) in [6.45, 7) is 1.92. The molecule has 2 aromatic rings. The molecule has 90 valence electrons. The Bertz CT molecular complexity index is 582. The number of nitrogens with two attached hydrogens (primary N) is 1. The molecule has 17 heavy (non-hydrogen) atoms. The molecule has 1 heterocycles. The second-order valence-corrected chi connectivity index (χ2v) is 3.83. The second kappa shape index (κ2) is 4.24. The molecule has 5 heteroatoms. The molecule has 2 N–H and O–H groups in total. The lowest BCUT2D eigenvalue weighted by atomic mass is 10.1. The maximum Gasteiger partial charge on any atom is 0.168 e. The van der Waals surface area contributed by atoms with Gasteiger partial charge >= 0.3 is 0 Å². The van der Waals surface area contributed by atoms with E-state index in [0.29, 0.717) is 18.1 Å². The summed E-state index contributed by atoms with van der Waals surface area (Å²) in [6.07, 6.45) is 1.38. The number of anilines is 1. The highest BCUT2D eigenvalue weighted by atomic mass is 19.2. The van der Waals surface area contributed by atoms with Crippen molar-refractivity contribution >= 4 is 16.7 Å². The van der Waals surface area contributed by atoms with Crippen LogP contribution in [0, 0.1) is 17.5 Å². The fourth-order valence-corrected chi connectivity index (χ4v) is 1.76. The molecule has 0 saturated heterocycles. The van der Waals surface area contributed by atoms with E-state index in [9.17, 15) is 13.2 Å². The van der Waals surface area contributed by atoms with Crippen molar-refractivity contribution in [1.29, 1.82) is 0 Å². The van der Waals surface area contributed by atoms with Crippen molar-refractivity contribution in [1.82, 2.24) is 4.98 Å². The number of aromatic nitrogens is 1. The third-order valence-corrected chi connectivity index (χ3v) is 2.58. The van der Waals surface area contributed by atoms with Gasteiger partial charge in [0.1, 0.15) is 11.3 Å². The highest BCUT2D eigenvalue weighted by molar-refractivity contribution is 5.82. The molecule has 0 aliphatic heterocycles. The molecule has 0 saturated carbocycles. The first-order valence-electron chi connectivity index (χ1n) is 5.27. The van der Waals surface area contributed by atoms with E-state index in [1.165, 1.54) is 6.07 Å². The van der Waals surface area contributed by atoms with E-state index in [1.54, 1.807) is 0 Å². The predicted molar refractivity (Wildman–Crippen MR) is 60.0 cm³/mol. The van der Waals surface area contributed by atoms with Gasteiger partial charge in [-0.1, -0.05) is 13.3 Å². The van der Waals surface area contributed by atoms with E-state index in [4.69, 9.17) is 5.73 Å². The molecule has 0 aliphatic carbocycles. The molecule has 0 radical (unpaired) electrons. The normalized spacial score (nSPS) is 11.1. The van der Waals surface area contributed by atoms with E-state index in [1.807, 2.05) is 6.92 Å². The Morgan fingerprint density at radius 2 is 1.88 bits per heavy atom. The fraction of sp³-hybridized carbons (Fsp3) is 0.250. The SMILES string of the molecule is CCCc1cc2c(F)c(F)cc(F)c2nc1N. The highest BCUT2D eigenvalue weighted by Crippen LogP contribution is 2.26. The first-order valence-corrected chi connectivity index (χ1v) is 5.27. The quantitative estimate of drug-likeness (QED) is 0.819. The Morgan fingerprint density at radius 1 is 1.18 bits per heavy atom. The molecule has 1 aromatic carbocycles. The van der Waals surface area contributed by atoms with Gasteiger partial charge in [-0.3, -0.25) is 0 Å². The maximum atomic E-state index is 13.5. The van der Waals surface area contributed by atoms with Crippen molar-refractivity contribution < 1.29 is 13.2 Å². The molecule has 0 spiro atoms. The highest BCUT2D eigenvalue weighted by Gasteiger charge is 2.15. The third-order valence-electron chi connectivity index (χ3n) is 2.58. The number of hydrogen-bond acceptors (Lipinski definition) is 2. The zero-order valence-corrected chi connectivity index (χ0v) is 9.23. The van der Waals surface area contributed by atoms with E-state index >= 15 is 0 Å². The van der Waals surface area contributed by atoms with Gasteiger partial charge in [-0.15, -0.1) is 0 Å². The van der Waals surface area contributed by atoms with E-state index < -0.39 is 17.5 Å². The number of fused-ring (bicyclic) bond motifs is 1. The summed E-state index contributed by atoms with van der Waals surface area (Å²) >= 11 is 0. The number of benzene rings is 1. The average molecular weight is 240 g/mol. The number of hydrogen-bond donors (Lipinski definition) is 1. The molecule has 2 nitrogen and oxygen atoms in total. The number of nitrogens with zero attached hydrogens (tertiary/aromatic N) is 1. The topological polar surface area (TPSA) is 38.9 Å². The zero-order chi connectivity index (χ0) is 12.6. The van der Waals surface area contributed by atoms with Crippen LogP contribution in [0.3, 0.4) is 0 Å². The van der Waals surface area contributed by atoms with Crippen LogP contribution in [0.4, 0.5) is 19.0 Å². The minimum absolute atomic E-state index is 0.157. The van der Waals surface area contributed by atoms with Crippen molar-refractivity contribution in [2.24, 2.45) is 0 Å². The van der Waals surface area contributed by atoms with Gasteiger partial charge in [0.25, 0.3) is 0 Å². The van der Waals surface area contributed by atoms with Crippen LogP contribution in [0.25, 0.3) is 10.9 Å². The number of rotatable bonds is 2. The van der Waals surface area contributed by atoms with Gasteiger partial charge in [-0.2, -0.15) is 0 Å². The van der Waals surface area contributed by atoms with Gasteiger partial charge in [-0.05, 0) is 18.1 Å². The zero-order valence-electron chi connectivity index (χ0n) is 9.23. The number of pyridine rings is 1. The molecule has 0 atom stereocenters. The summed E-state index contributed by atoms with van der Waals surface area (Å²) in [5, 5.41) is -0.167. The molecule has 0 bridgehead atoms. The minimum Gasteiger partial charge on any atom is -0.383 e. The number of aryl methyl sites for hydroxylation is 1. The first-order chi connectivity index (χ1) is 8.04. The molecule has 1 aromatic heterocycles. The van der Waals surface area contributed by atoms with Gasteiger partial charge < -0.3 is 5.73 Å². The standard InChI is InChI=1S/C12H11F3N2/c1-2-3-6-4-7-10(15)8(13)5-9(14)11(7)17-12(6)16/h4-5H,2-3H2,1H3,(H2,16,17). The molecule has 0 unspecified atom stereocenters. The molecular formula is C12H11F3N2. The predicted octanol–water partition coefficient (Wildman–Crippen LogP) is 3.19. The summed E-state index contributed by atoms with van der Waals surface area (Å²) in [5.41, 5.74) is 6.00. The largest absolute Gasteiger partial charge is 0.383 e. The number of halogens is 3.